The Morgan fingerprint density at radius 3 is 2.00 bits per heavy atom. The minimum absolute atomic E-state index is 0.193. The van der Waals surface area contributed by atoms with Gasteiger partial charge in [0.05, 0.1) is 18.6 Å². The van der Waals surface area contributed by atoms with E-state index in [1.165, 1.54) is 36.8 Å². The van der Waals surface area contributed by atoms with Crippen LogP contribution in [0.15, 0.2) is 60.7 Å². The summed E-state index contributed by atoms with van der Waals surface area (Å²) in [4.78, 5) is 1.80. The molecular weight excluding hydrogens is 306 g/mol. The standard InChI is InChI=1S/C23H27NO/c1-3-9-19(10-4-1)23(20-11-5-2-6-12-20)21-13-7-8-14-22(21,23)24-15-17-25-18-16-24/h1-6,9-12,21H,7-8,13-18H2/p+1/t21-,22-/m1/s1. The van der Waals surface area contributed by atoms with Gasteiger partial charge in [0.15, 0.2) is 0 Å². The molecule has 3 aliphatic rings. The molecule has 2 aliphatic carbocycles. The Balaban J connectivity index is 1.70. The zero-order valence-corrected chi connectivity index (χ0v) is 14.9. The lowest BCUT2D eigenvalue weighted by Crippen LogP contribution is -3.20. The van der Waals surface area contributed by atoms with E-state index in [1.54, 1.807) is 4.90 Å². The highest BCUT2D eigenvalue weighted by atomic mass is 16.5. The second-order valence-corrected chi connectivity index (χ2v) is 8.03. The number of quaternary nitrogens is 1. The van der Waals surface area contributed by atoms with Crippen molar-refractivity contribution in [3.05, 3.63) is 71.8 Å². The smallest absolute Gasteiger partial charge is 0.116 e. The Bertz CT molecular complexity index is 683. The van der Waals surface area contributed by atoms with E-state index in [0.717, 1.165) is 32.2 Å². The van der Waals surface area contributed by atoms with Gasteiger partial charge in [0.1, 0.15) is 18.6 Å². The topological polar surface area (TPSA) is 13.7 Å². The Labute approximate surface area is 150 Å². The van der Waals surface area contributed by atoms with Gasteiger partial charge in [-0.05, 0) is 24.0 Å². The lowest BCUT2D eigenvalue weighted by atomic mass is 9.81. The molecule has 1 saturated heterocycles. The molecule has 0 amide bonds. The molecule has 3 fully saturated rings. The third-order valence-electron chi connectivity index (χ3n) is 7.24. The summed E-state index contributed by atoms with van der Waals surface area (Å²) in [7, 11) is 0. The molecule has 0 bridgehead atoms. The van der Waals surface area contributed by atoms with Crippen LogP contribution in [0.1, 0.15) is 36.8 Å². The van der Waals surface area contributed by atoms with Crippen LogP contribution in [0.4, 0.5) is 0 Å². The monoisotopic (exact) mass is 334 g/mol. The van der Waals surface area contributed by atoms with Gasteiger partial charge in [-0.3, -0.25) is 0 Å². The summed E-state index contributed by atoms with van der Waals surface area (Å²) in [5, 5.41) is 0. The Morgan fingerprint density at radius 2 is 1.40 bits per heavy atom. The van der Waals surface area contributed by atoms with Crippen LogP contribution in [-0.4, -0.2) is 31.8 Å². The van der Waals surface area contributed by atoms with Gasteiger partial charge in [-0.1, -0.05) is 67.1 Å². The highest BCUT2D eigenvalue weighted by Crippen LogP contribution is 2.70. The predicted molar refractivity (Wildman–Crippen MR) is 99.9 cm³/mol. The molecule has 0 spiro atoms. The lowest BCUT2D eigenvalue weighted by Gasteiger charge is -2.37. The van der Waals surface area contributed by atoms with Gasteiger partial charge in [-0.25, -0.2) is 0 Å². The van der Waals surface area contributed by atoms with Crippen LogP contribution in [0, 0.1) is 5.92 Å². The van der Waals surface area contributed by atoms with Gasteiger partial charge in [0.2, 0.25) is 0 Å². The van der Waals surface area contributed by atoms with Crippen molar-refractivity contribution in [3.63, 3.8) is 0 Å². The molecule has 2 aromatic carbocycles. The van der Waals surface area contributed by atoms with E-state index in [-0.39, 0.29) is 5.41 Å². The van der Waals surface area contributed by atoms with Gasteiger partial charge in [0.25, 0.3) is 0 Å². The van der Waals surface area contributed by atoms with Crippen LogP contribution in [0.2, 0.25) is 0 Å². The molecule has 5 rings (SSSR count). The second-order valence-electron chi connectivity index (χ2n) is 8.03. The van der Waals surface area contributed by atoms with Gasteiger partial charge < -0.3 is 9.64 Å². The largest absolute Gasteiger partial charge is 0.370 e. The molecule has 1 N–H and O–H groups in total. The van der Waals surface area contributed by atoms with Crippen molar-refractivity contribution >= 4 is 0 Å². The van der Waals surface area contributed by atoms with Crippen molar-refractivity contribution < 1.29 is 9.64 Å². The highest BCUT2D eigenvalue weighted by molar-refractivity contribution is 5.55. The molecular formula is C23H28NO+. The van der Waals surface area contributed by atoms with Crippen molar-refractivity contribution in [3.8, 4) is 0 Å². The van der Waals surface area contributed by atoms with Gasteiger partial charge in [-0.15, -0.1) is 0 Å². The van der Waals surface area contributed by atoms with Crippen LogP contribution >= 0.6 is 0 Å². The van der Waals surface area contributed by atoms with Crippen molar-refractivity contribution in [1.82, 2.24) is 0 Å². The van der Waals surface area contributed by atoms with E-state index in [0.29, 0.717) is 5.54 Å². The quantitative estimate of drug-likeness (QED) is 0.911. The maximum absolute atomic E-state index is 5.71. The van der Waals surface area contributed by atoms with E-state index < -0.39 is 0 Å². The molecule has 2 aromatic rings. The van der Waals surface area contributed by atoms with Gasteiger partial charge in [0, 0.05) is 12.3 Å². The van der Waals surface area contributed by atoms with Gasteiger partial charge in [-0.2, -0.15) is 0 Å². The number of fused-ring (bicyclic) bond motifs is 1. The van der Waals surface area contributed by atoms with E-state index in [2.05, 4.69) is 60.7 Å². The summed E-state index contributed by atoms with van der Waals surface area (Å²) in [6.07, 6.45) is 5.49. The van der Waals surface area contributed by atoms with Crippen LogP contribution in [0.5, 0.6) is 0 Å². The molecule has 2 saturated carbocycles. The normalized spacial score (nSPS) is 31.3. The number of rotatable bonds is 3. The summed E-state index contributed by atoms with van der Waals surface area (Å²) in [6, 6.07) is 22.8. The third kappa shape index (κ3) is 2.04. The minimum atomic E-state index is 0.193. The minimum Gasteiger partial charge on any atom is -0.370 e. The Kier molecular flexibility index (Phi) is 3.72. The number of nitrogens with one attached hydrogen (secondary N) is 1. The van der Waals surface area contributed by atoms with E-state index in [9.17, 15) is 0 Å². The molecule has 130 valence electrons. The Morgan fingerprint density at radius 1 is 0.800 bits per heavy atom. The van der Waals surface area contributed by atoms with Gasteiger partial charge >= 0.3 is 0 Å². The SMILES string of the molecule is c1ccc(C2(c3ccccc3)[C@@H]3CCCC[C@@]32[NH+]2CCOCC2)cc1. The number of hydrogen-bond acceptors (Lipinski definition) is 1. The summed E-state index contributed by atoms with van der Waals surface area (Å²) in [5.74, 6) is 0.770. The maximum Gasteiger partial charge on any atom is 0.116 e. The first-order valence-corrected chi connectivity index (χ1v) is 9.94. The van der Waals surface area contributed by atoms with Crippen molar-refractivity contribution in [1.29, 1.82) is 0 Å². The number of hydrogen-bond donors (Lipinski definition) is 1. The van der Waals surface area contributed by atoms with E-state index in [1.807, 2.05) is 0 Å². The molecule has 1 heterocycles. The number of ether oxygens (including phenoxy) is 1. The van der Waals surface area contributed by atoms with Crippen molar-refractivity contribution in [2.45, 2.75) is 36.6 Å². The van der Waals surface area contributed by atoms with Crippen LogP contribution in [-0.2, 0) is 10.2 Å². The van der Waals surface area contributed by atoms with E-state index >= 15 is 0 Å². The first kappa shape index (κ1) is 15.6. The fraction of sp³-hybridized carbons (Fsp3) is 0.478. The maximum atomic E-state index is 5.71. The number of benzene rings is 2. The fourth-order valence-electron chi connectivity index (χ4n) is 6.46. The second kappa shape index (κ2) is 5.96. The zero-order chi connectivity index (χ0) is 16.7. The van der Waals surface area contributed by atoms with E-state index in [4.69, 9.17) is 4.74 Å². The summed E-state index contributed by atoms with van der Waals surface area (Å²) >= 11 is 0. The summed E-state index contributed by atoms with van der Waals surface area (Å²) in [6.45, 7) is 4.17. The molecule has 2 nitrogen and oxygen atoms in total. The highest BCUT2D eigenvalue weighted by Gasteiger charge is 2.83. The van der Waals surface area contributed by atoms with Crippen LogP contribution < -0.4 is 4.90 Å². The lowest BCUT2D eigenvalue weighted by molar-refractivity contribution is -0.948. The van der Waals surface area contributed by atoms with Crippen molar-refractivity contribution in [2.24, 2.45) is 5.92 Å². The molecule has 2 heteroatoms. The van der Waals surface area contributed by atoms with Crippen molar-refractivity contribution in [2.75, 3.05) is 26.3 Å². The third-order valence-corrected chi connectivity index (χ3v) is 7.24. The average molecular weight is 334 g/mol. The average Bonchev–Trinajstić information content (AvgIpc) is 3.36. The zero-order valence-electron chi connectivity index (χ0n) is 14.9. The first-order chi connectivity index (χ1) is 12.4. The van der Waals surface area contributed by atoms with Crippen LogP contribution in [0.3, 0.4) is 0 Å². The molecule has 1 aliphatic heterocycles. The molecule has 0 radical (unpaired) electrons. The summed E-state index contributed by atoms with van der Waals surface area (Å²) in [5.41, 5.74) is 3.63. The number of morpholine rings is 1. The molecule has 2 atom stereocenters. The molecule has 0 unspecified atom stereocenters. The Hall–Kier alpha value is -1.64. The fourth-order valence-corrected chi connectivity index (χ4v) is 6.46. The van der Waals surface area contributed by atoms with Crippen LogP contribution in [0.25, 0.3) is 0 Å². The first-order valence-electron chi connectivity index (χ1n) is 9.94. The summed E-state index contributed by atoms with van der Waals surface area (Å²) < 4.78 is 5.71. The molecule has 25 heavy (non-hydrogen) atoms. The predicted octanol–water partition coefficient (Wildman–Crippen LogP) is 2.83. The molecule has 0 aromatic heterocycles.